The monoisotopic (exact) mass is 384 g/mol. The summed E-state index contributed by atoms with van der Waals surface area (Å²) in [6.07, 6.45) is 0. The van der Waals surface area contributed by atoms with Crippen LogP contribution in [0.3, 0.4) is 0 Å². The Labute approximate surface area is 141 Å². The summed E-state index contributed by atoms with van der Waals surface area (Å²) in [6.45, 7) is 1.71. The maximum absolute atomic E-state index is 11.9. The van der Waals surface area contributed by atoms with E-state index in [-0.39, 0.29) is 24.3 Å². The van der Waals surface area contributed by atoms with Gasteiger partial charge >= 0.3 is 0 Å². The zero-order valence-corrected chi connectivity index (χ0v) is 14.1. The first-order chi connectivity index (χ1) is 10.5. The molecule has 0 aliphatic heterocycles. The van der Waals surface area contributed by atoms with Gasteiger partial charge in [0.25, 0.3) is 5.91 Å². The Balaban J connectivity index is 1.84. The number of carbonyl (C=O) groups excluding carboxylic acids is 2. The lowest BCUT2D eigenvalue weighted by atomic mass is 10.1. The van der Waals surface area contributed by atoms with Gasteiger partial charge in [0, 0.05) is 5.02 Å². The third kappa shape index (κ3) is 4.61. The van der Waals surface area contributed by atoms with Gasteiger partial charge in [-0.1, -0.05) is 23.7 Å². The maximum Gasteiger partial charge on any atom is 0.287 e. The summed E-state index contributed by atoms with van der Waals surface area (Å²) in [5.74, 6) is -0.606. The Morgan fingerprint density at radius 2 is 2.09 bits per heavy atom. The van der Waals surface area contributed by atoms with E-state index in [4.69, 9.17) is 16.0 Å². The van der Waals surface area contributed by atoms with Crippen LogP contribution in [0.25, 0.3) is 0 Å². The van der Waals surface area contributed by atoms with Crippen molar-refractivity contribution >= 4 is 39.3 Å². The molecule has 2 rings (SSSR count). The molecule has 0 aliphatic carbocycles. The lowest BCUT2D eigenvalue weighted by molar-refractivity contribution is -0.120. The topological polar surface area (TPSA) is 71.3 Å². The van der Waals surface area contributed by atoms with Gasteiger partial charge < -0.3 is 15.1 Å². The molecule has 0 spiro atoms. The minimum Gasteiger partial charge on any atom is -0.444 e. The molecule has 116 valence electrons. The average Bonchev–Trinajstić information content (AvgIpc) is 2.91. The fraction of sp³-hybridized carbons (Fsp3) is 0.200. The van der Waals surface area contributed by atoms with Crippen molar-refractivity contribution in [2.45, 2.75) is 13.0 Å². The highest BCUT2D eigenvalue weighted by molar-refractivity contribution is 9.10. The number of benzene rings is 1. The van der Waals surface area contributed by atoms with E-state index in [0.717, 1.165) is 5.56 Å². The molecule has 1 aromatic heterocycles. The van der Waals surface area contributed by atoms with Crippen molar-refractivity contribution in [1.82, 2.24) is 10.6 Å². The largest absolute Gasteiger partial charge is 0.444 e. The van der Waals surface area contributed by atoms with Crippen molar-refractivity contribution in [1.29, 1.82) is 0 Å². The Morgan fingerprint density at radius 3 is 2.73 bits per heavy atom. The second-order valence-corrected chi connectivity index (χ2v) is 5.85. The van der Waals surface area contributed by atoms with Crippen LogP contribution >= 0.6 is 27.5 Å². The lowest BCUT2D eigenvalue weighted by Crippen LogP contribution is -2.37. The van der Waals surface area contributed by atoms with Crippen molar-refractivity contribution in [3.8, 4) is 0 Å². The van der Waals surface area contributed by atoms with Crippen LogP contribution in [0.2, 0.25) is 5.02 Å². The van der Waals surface area contributed by atoms with Gasteiger partial charge in [0.15, 0.2) is 10.4 Å². The van der Waals surface area contributed by atoms with E-state index in [1.807, 2.05) is 19.1 Å². The number of furan rings is 1. The van der Waals surface area contributed by atoms with Gasteiger partial charge in [-0.15, -0.1) is 0 Å². The zero-order valence-electron chi connectivity index (χ0n) is 11.7. The molecular formula is C15H14BrClN2O3. The summed E-state index contributed by atoms with van der Waals surface area (Å²) in [5.41, 5.74) is 0.891. The van der Waals surface area contributed by atoms with Crippen LogP contribution in [-0.2, 0) is 4.79 Å². The minimum atomic E-state index is -0.448. The first-order valence-electron chi connectivity index (χ1n) is 6.54. The predicted octanol–water partition coefficient (Wildman–Crippen LogP) is 3.30. The van der Waals surface area contributed by atoms with E-state index in [1.165, 1.54) is 6.07 Å². The number of carbonyl (C=O) groups is 2. The average molecular weight is 386 g/mol. The molecule has 0 saturated heterocycles. The van der Waals surface area contributed by atoms with E-state index in [2.05, 4.69) is 26.6 Å². The van der Waals surface area contributed by atoms with E-state index in [1.54, 1.807) is 18.2 Å². The molecule has 0 radical (unpaired) electrons. The Kier molecular flexibility index (Phi) is 5.63. The number of hydrogen-bond donors (Lipinski definition) is 2. The molecule has 2 amide bonds. The van der Waals surface area contributed by atoms with E-state index in [0.29, 0.717) is 9.69 Å². The van der Waals surface area contributed by atoms with Crippen LogP contribution in [-0.4, -0.2) is 18.4 Å². The van der Waals surface area contributed by atoms with E-state index in [9.17, 15) is 9.59 Å². The van der Waals surface area contributed by atoms with Crippen LogP contribution in [0, 0.1) is 0 Å². The second kappa shape index (κ2) is 7.47. The Hall–Kier alpha value is -1.79. The van der Waals surface area contributed by atoms with Gasteiger partial charge in [0.1, 0.15) is 0 Å². The Morgan fingerprint density at radius 1 is 1.32 bits per heavy atom. The molecule has 0 unspecified atom stereocenters. The summed E-state index contributed by atoms with van der Waals surface area (Å²) >= 11 is 9.02. The number of hydrogen-bond acceptors (Lipinski definition) is 3. The van der Waals surface area contributed by atoms with Gasteiger partial charge in [0.05, 0.1) is 12.6 Å². The van der Waals surface area contributed by atoms with Gasteiger partial charge in [-0.25, -0.2) is 0 Å². The van der Waals surface area contributed by atoms with Crippen molar-refractivity contribution in [2.24, 2.45) is 0 Å². The fourth-order valence-corrected chi connectivity index (χ4v) is 2.34. The molecule has 1 atom stereocenters. The quantitative estimate of drug-likeness (QED) is 0.829. The molecule has 7 heteroatoms. The molecule has 0 aliphatic rings. The van der Waals surface area contributed by atoms with Gasteiger partial charge in [-0.05, 0) is 52.7 Å². The van der Waals surface area contributed by atoms with Crippen LogP contribution in [0.15, 0.2) is 45.5 Å². The summed E-state index contributed by atoms with van der Waals surface area (Å²) < 4.78 is 5.55. The number of halogens is 2. The molecule has 1 aromatic carbocycles. The standard InChI is InChI=1S/C15H14BrClN2O3/c1-9(10-3-2-4-11(17)7-10)19-14(20)8-18-15(21)12-5-6-13(16)22-12/h2-7,9H,8H2,1H3,(H,18,21)(H,19,20)/t9-/m0/s1. The molecule has 5 nitrogen and oxygen atoms in total. The zero-order chi connectivity index (χ0) is 16.1. The fourth-order valence-electron chi connectivity index (χ4n) is 1.84. The number of rotatable bonds is 5. The summed E-state index contributed by atoms with van der Waals surface area (Å²) in [7, 11) is 0. The smallest absolute Gasteiger partial charge is 0.287 e. The molecule has 1 heterocycles. The summed E-state index contributed by atoms with van der Waals surface area (Å²) in [4.78, 5) is 23.6. The maximum atomic E-state index is 11.9. The van der Waals surface area contributed by atoms with Gasteiger partial charge in [-0.2, -0.15) is 0 Å². The van der Waals surface area contributed by atoms with Gasteiger partial charge in [0.2, 0.25) is 5.91 Å². The SMILES string of the molecule is C[C@H](NC(=O)CNC(=O)c1ccc(Br)o1)c1cccc(Cl)c1. The Bertz CT molecular complexity index is 687. The van der Waals surface area contributed by atoms with Crippen LogP contribution in [0.5, 0.6) is 0 Å². The van der Waals surface area contributed by atoms with Crippen LogP contribution in [0.4, 0.5) is 0 Å². The molecule has 2 aromatic rings. The van der Waals surface area contributed by atoms with Crippen molar-refractivity contribution < 1.29 is 14.0 Å². The summed E-state index contributed by atoms with van der Waals surface area (Å²) in [6, 6.07) is 10.2. The van der Waals surface area contributed by atoms with Gasteiger partial charge in [-0.3, -0.25) is 9.59 Å². The molecule has 0 saturated carbocycles. The first kappa shape index (κ1) is 16.6. The molecular weight excluding hydrogens is 372 g/mol. The second-order valence-electron chi connectivity index (χ2n) is 4.63. The highest BCUT2D eigenvalue weighted by Gasteiger charge is 2.14. The third-order valence-corrected chi connectivity index (χ3v) is 3.59. The number of amides is 2. The molecule has 2 N–H and O–H groups in total. The van der Waals surface area contributed by atoms with Crippen LogP contribution in [0.1, 0.15) is 29.1 Å². The predicted molar refractivity (Wildman–Crippen MR) is 86.8 cm³/mol. The molecule has 22 heavy (non-hydrogen) atoms. The highest BCUT2D eigenvalue weighted by Crippen LogP contribution is 2.17. The first-order valence-corrected chi connectivity index (χ1v) is 7.71. The van der Waals surface area contributed by atoms with Crippen LogP contribution < -0.4 is 10.6 Å². The number of nitrogens with one attached hydrogen (secondary N) is 2. The third-order valence-electron chi connectivity index (χ3n) is 2.93. The van der Waals surface area contributed by atoms with E-state index < -0.39 is 5.91 Å². The van der Waals surface area contributed by atoms with Crippen molar-refractivity contribution in [3.05, 3.63) is 57.4 Å². The van der Waals surface area contributed by atoms with Crippen molar-refractivity contribution in [3.63, 3.8) is 0 Å². The normalized spacial score (nSPS) is 11.8. The molecule has 0 fully saturated rings. The molecule has 0 bridgehead atoms. The highest BCUT2D eigenvalue weighted by atomic mass is 79.9. The minimum absolute atomic E-state index is 0.137. The van der Waals surface area contributed by atoms with E-state index >= 15 is 0 Å². The lowest BCUT2D eigenvalue weighted by Gasteiger charge is -2.14. The van der Waals surface area contributed by atoms with Crippen molar-refractivity contribution in [2.75, 3.05) is 6.54 Å². The summed E-state index contributed by atoms with van der Waals surface area (Å²) in [5, 5.41) is 5.88.